The lowest BCUT2D eigenvalue weighted by atomic mass is 10.1. The Labute approximate surface area is 173 Å². The number of ether oxygens (including phenoxy) is 1. The van der Waals surface area contributed by atoms with E-state index in [0.29, 0.717) is 37.8 Å². The molecule has 2 aromatic carbocycles. The maximum atomic E-state index is 12.6. The topological polar surface area (TPSA) is 84.2 Å². The fraction of sp³-hybridized carbons (Fsp3) is 0.261. The monoisotopic (exact) mass is 402 g/mol. The highest BCUT2D eigenvalue weighted by Crippen LogP contribution is 2.30. The van der Waals surface area contributed by atoms with Crippen LogP contribution in [-0.2, 0) is 11.3 Å². The molecule has 5 rings (SSSR count). The number of H-pyrrole nitrogens is 1. The molecule has 1 saturated heterocycles. The average molecular weight is 402 g/mol. The zero-order valence-electron chi connectivity index (χ0n) is 16.7. The normalized spacial score (nSPS) is 16.5. The molecule has 30 heavy (non-hydrogen) atoms. The Morgan fingerprint density at radius 1 is 1.23 bits per heavy atom. The first kappa shape index (κ1) is 18.4. The molecule has 0 saturated carbocycles. The van der Waals surface area contributed by atoms with Crippen molar-refractivity contribution in [1.29, 1.82) is 0 Å². The van der Waals surface area contributed by atoms with E-state index < -0.39 is 0 Å². The summed E-state index contributed by atoms with van der Waals surface area (Å²) in [6, 6.07) is 15.8. The van der Waals surface area contributed by atoms with Gasteiger partial charge in [0, 0.05) is 42.7 Å². The van der Waals surface area contributed by atoms with Crippen molar-refractivity contribution in [1.82, 2.24) is 20.0 Å². The SMILES string of the molecule is CCOc1cccc(CN2CC(c3noc(-c4ccc5cc[nH]c5c4)n3)CC2=O)c1. The van der Waals surface area contributed by atoms with Crippen LogP contribution in [0.3, 0.4) is 0 Å². The fourth-order valence-corrected chi connectivity index (χ4v) is 3.92. The quantitative estimate of drug-likeness (QED) is 0.524. The Morgan fingerprint density at radius 2 is 2.17 bits per heavy atom. The maximum absolute atomic E-state index is 12.6. The third-order valence-corrected chi connectivity index (χ3v) is 5.41. The van der Waals surface area contributed by atoms with Crippen molar-refractivity contribution in [3.63, 3.8) is 0 Å². The highest BCUT2D eigenvalue weighted by Gasteiger charge is 2.33. The lowest BCUT2D eigenvalue weighted by Crippen LogP contribution is -2.24. The summed E-state index contributed by atoms with van der Waals surface area (Å²) in [5.74, 6) is 1.90. The summed E-state index contributed by atoms with van der Waals surface area (Å²) in [7, 11) is 0. The smallest absolute Gasteiger partial charge is 0.258 e. The molecule has 3 heterocycles. The molecule has 4 aromatic rings. The number of amides is 1. The highest BCUT2D eigenvalue weighted by molar-refractivity contribution is 5.83. The Balaban J connectivity index is 1.30. The lowest BCUT2D eigenvalue weighted by molar-refractivity contribution is -0.128. The number of hydrogen-bond acceptors (Lipinski definition) is 5. The molecule has 0 aliphatic carbocycles. The first-order valence-corrected chi connectivity index (χ1v) is 10.1. The van der Waals surface area contributed by atoms with E-state index in [2.05, 4.69) is 15.1 Å². The second-order valence-corrected chi connectivity index (χ2v) is 7.49. The molecule has 1 aliphatic heterocycles. The van der Waals surface area contributed by atoms with Gasteiger partial charge in [-0.1, -0.05) is 23.4 Å². The Hall–Kier alpha value is -3.61. The van der Waals surface area contributed by atoms with Gasteiger partial charge in [0.2, 0.25) is 5.91 Å². The van der Waals surface area contributed by atoms with Gasteiger partial charge in [0.05, 0.1) is 6.61 Å². The van der Waals surface area contributed by atoms with Crippen LogP contribution in [0.2, 0.25) is 0 Å². The molecule has 0 bridgehead atoms. The molecule has 1 unspecified atom stereocenters. The summed E-state index contributed by atoms with van der Waals surface area (Å²) in [4.78, 5) is 22.2. The van der Waals surface area contributed by atoms with Crippen molar-refractivity contribution >= 4 is 16.8 Å². The van der Waals surface area contributed by atoms with E-state index in [9.17, 15) is 4.79 Å². The molecule has 1 atom stereocenters. The molecule has 1 aliphatic rings. The number of hydrogen-bond donors (Lipinski definition) is 1. The summed E-state index contributed by atoms with van der Waals surface area (Å²) in [5.41, 5.74) is 2.92. The second kappa shape index (κ2) is 7.67. The van der Waals surface area contributed by atoms with Crippen LogP contribution >= 0.6 is 0 Å². The van der Waals surface area contributed by atoms with Gasteiger partial charge in [-0.25, -0.2) is 0 Å². The van der Waals surface area contributed by atoms with Crippen LogP contribution < -0.4 is 4.74 Å². The average Bonchev–Trinajstić information content (AvgIpc) is 3.48. The minimum Gasteiger partial charge on any atom is -0.494 e. The number of benzene rings is 2. The molecule has 0 radical (unpaired) electrons. The van der Waals surface area contributed by atoms with Crippen molar-refractivity contribution in [3.05, 3.63) is 66.1 Å². The Bertz CT molecular complexity index is 1200. The number of aromatic nitrogens is 3. The van der Waals surface area contributed by atoms with E-state index >= 15 is 0 Å². The van der Waals surface area contributed by atoms with Crippen LogP contribution in [0.15, 0.2) is 59.3 Å². The van der Waals surface area contributed by atoms with E-state index in [1.165, 1.54) is 0 Å². The Kier molecular flexibility index (Phi) is 4.71. The van der Waals surface area contributed by atoms with Crippen LogP contribution in [0, 0.1) is 0 Å². The molecular formula is C23H22N4O3. The molecule has 1 amide bonds. The number of fused-ring (bicyclic) bond motifs is 1. The van der Waals surface area contributed by atoms with Crippen LogP contribution in [0.1, 0.15) is 30.7 Å². The number of carbonyl (C=O) groups excluding carboxylic acids is 1. The molecular weight excluding hydrogens is 380 g/mol. The highest BCUT2D eigenvalue weighted by atomic mass is 16.5. The van der Waals surface area contributed by atoms with E-state index in [1.807, 2.05) is 66.6 Å². The second-order valence-electron chi connectivity index (χ2n) is 7.49. The number of likely N-dealkylation sites (tertiary alicyclic amines) is 1. The van der Waals surface area contributed by atoms with Crippen molar-refractivity contribution < 1.29 is 14.1 Å². The predicted molar refractivity (Wildman–Crippen MR) is 112 cm³/mol. The largest absolute Gasteiger partial charge is 0.494 e. The van der Waals surface area contributed by atoms with Crippen molar-refractivity contribution in [2.75, 3.05) is 13.2 Å². The summed E-state index contributed by atoms with van der Waals surface area (Å²) in [5, 5.41) is 5.29. The lowest BCUT2D eigenvalue weighted by Gasteiger charge is -2.16. The molecule has 152 valence electrons. The number of aromatic amines is 1. The first-order chi connectivity index (χ1) is 14.7. The van der Waals surface area contributed by atoms with E-state index in [1.54, 1.807) is 0 Å². The van der Waals surface area contributed by atoms with Gasteiger partial charge in [-0.15, -0.1) is 0 Å². The molecule has 7 nitrogen and oxygen atoms in total. The zero-order chi connectivity index (χ0) is 20.5. The summed E-state index contributed by atoms with van der Waals surface area (Å²) in [6.45, 7) is 3.69. The summed E-state index contributed by atoms with van der Waals surface area (Å²) < 4.78 is 11.1. The van der Waals surface area contributed by atoms with Crippen LogP contribution in [0.25, 0.3) is 22.4 Å². The van der Waals surface area contributed by atoms with Gasteiger partial charge >= 0.3 is 0 Å². The minimum absolute atomic E-state index is 0.0701. The van der Waals surface area contributed by atoms with Crippen molar-refractivity contribution in [3.8, 4) is 17.2 Å². The molecule has 0 spiro atoms. The van der Waals surface area contributed by atoms with Crippen LogP contribution in [0.5, 0.6) is 5.75 Å². The summed E-state index contributed by atoms with van der Waals surface area (Å²) >= 11 is 0. The van der Waals surface area contributed by atoms with Crippen LogP contribution in [0.4, 0.5) is 0 Å². The van der Waals surface area contributed by atoms with Gasteiger partial charge < -0.3 is 19.1 Å². The van der Waals surface area contributed by atoms with Crippen LogP contribution in [-0.4, -0.2) is 39.1 Å². The minimum atomic E-state index is -0.0701. The van der Waals surface area contributed by atoms with E-state index in [0.717, 1.165) is 27.8 Å². The van der Waals surface area contributed by atoms with Crippen molar-refractivity contribution in [2.45, 2.75) is 25.8 Å². The third kappa shape index (κ3) is 3.54. The zero-order valence-corrected chi connectivity index (χ0v) is 16.7. The number of carbonyl (C=O) groups is 1. The number of nitrogens with zero attached hydrogens (tertiary/aromatic N) is 3. The maximum Gasteiger partial charge on any atom is 0.258 e. The van der Waals surface area contributed by atoms with Gasteiger partial charge in [-0.05, 0) is 48.2 Å². The number of nitrogens with one attached hydrogen (secondary N) is 1. The fourth-order valence-electron chi connectivity index (χ4n) is 3.92. The standard InChI is InChI=1S/C23H22N4O3/c1-2-29-19-5-3-4-15(10-19)13-27-14-18(12-21(27)28)22-25-23(30-26-22)17-7-6-16-8-9-24-20(16)11-17/h3-11,18,24H,2,12-14H2,1H3. The Morgan fingerprint density at radius 3 is 3.07 bits per heavy atom. The van der Waals surface area contributed by atoms with Gasteiger partial charge in [0.25, 0.3) is 5.89 Å². The predicted octanol–water partition coefficient (Wildman–Crippen LogP) is 4.13. The summed E-state index contributed by atoms with van der Waals surface area (Å²) in [6.07, 6.45) is 2.29. The van der Waals surface area contributed by atoms with E-state index in [-0.39, 0.29) is 11.8 Å². The van der Waals surface area contributed by atoms with Gasteiger partial charge in [-0.2, -0.15) is 4.98 Å². The molecule has 1 N–H and O–H groups in total. The van der Waals surface area contributed by atoms with Gasteiger partial charge in [-0.3, -0.25) is 4.79 Å². The van der Waals surface area contributed by atoms with E-state index in [4.69, 9.17) is 9.26 Å². The molecule has 7 heteroatoms. The molecule has 2 aromatic heterocycles. The first-order valence-electron chi connectivity index (χ1n) is 10.1. The molecule has 1 fully saturated rings. The third-order valence-electron chi connectivity index (χ3n) is 5.41. The van der Waals surface area contributed by atoms with Gasteiger partial charge in [0.15, 0.2) is 5.82 Å². The number of rotatable bonds is 6. The van der Waals surface area contributed by atoms with Gasteiger partial charge in [0.1, 0.15) is 5.75 Å². The van der Waals surface area contributed by atoms with Crippen molar-refractivity contribution in [2.24, 2.45) is 0 Å².